The minimum Gasteiger partial charge on any atom is -0.326 e. The maximum atomic E-state index is 13.1. The fourth-order valence-corrected chi connectivity index (χ4v) is 5.38. The van der Waals surface area contributed by atoms with Crippen LogP contribution in [0.15, 0.2) is 65.6 Å². The lowest BCUT2D eigenvalue weighted by atomic mass is 10.1. The maximum Gasteiger partial charge on any atom is 0.418 e. The smallest absolute Gasteiger partial charge is 0.326 e. The molecule has 3 aromatic carbocycles. The van der Waals surface area contributed by atoms with E-state index in [1.165, 1.54) is 22.5 Å². The van der Waals surface area contributed by atoms with Crippen LogP contribution in [0.4, 0.5) is 24.5 Å². The van der Waals surface area contributed by atoms with Gasteiger partial charge < -0.3 is 5.32 Å². The van der Waals surface area contributed by atoms with Crippen molar-refractivity contribution < 1.29 is 26.4 Å². The van der Waals surface area contributed by atoms with Crippen molar-refractivity contribution in [2.45, 2.75) is 23.9 Å². The molecule has 4 rings (SSSR count). The predicted molar refractivity (Wildman–Crippen MR) is 108 cm³/mol. The molecule has 1 N–H and O–H groups in total. The number of para-hydroxylation sites is 1. The van der Waals surface area contributed by atoms with E-state index in [0.29, 0.717) is 11.1 Å². The van der Waals surface area contributed by atoms with E-state index in [4.69, 9.17) is 0 Å². The SMILES string of the molecule is O=C(CCCN1c2cccc3cccc(c23)S1(=O)=O)Nc1ccccc1C(F)(F)F. The molecule has 1 aliphatic rings. The lowest BCUT2D eigenvalue weighted by Gasteiger charge is -2.19. The van der Waals surface area contributed by atoms with Crippen molar-refractivity contribution in [1.29, 1.82) is 0 Å². The van der Waals surface area contributed by atoms with Gasteiger partial charge in [0.1, 0.15) is 0 Å². The third-order valence-electron chi connectivity index (χ3n) is 4.95. The summed E-state index contributed by atoms with van der Waals surface area (Å²) in [6.07, 6.45) is -4.55. The van der Waals surface area contributed by atoms with Crippen LogP contribution in [0.2, 0.25) is 0 Å². The van der Waals surface area contributed by atoms with Crippen LogP contribution < -0.4 is 9.62 Å². The summed E-state index contributed by atoms with van der Waals surface area (Å²) in [5.74, 6) is -0.612. The second-order valence-corrected chi connectivity index (χ2v) is 8.73. The molecule has 3 aromatic rings. The topological polar surface area (TPSA) is 66.5 Å². The first kappa shape index (κ1) is 20.2. The number of benzene rings is 3. The third-order valence-corrected chi connectivity index (χ3v) is 6.81. The number of sulfonamides is 1. The fourth-order valence-electron chi connectivity index (χ4n) is 3.63. The monoisotopic (exact) mass is 434 g/mol. The standard InChI is InChI=1S/C21H17F3N2O3S/c22-21(23,24)15-8-1-2-9-16(15)25-19(27)12-5-13-26-17-10-3-6-14-7-4-11-18(20(14)17)30(26,28)29/h1-4,6-11H,5,12-13H2,(H,25,27). The largest absolute Gasteiger partial charge is 0.418 e. The number of nitrogens with zero attached hydrogens (tertiary/aromatic N) is 1. The highest BCUT2D eigenvalue weighted by Gasteiger charge is 2.35. The van der Waals surface area contributed by atoms with Crippen LogP contribution in [-0.4, -0.2) is 20.9 Å². The molecular weight excluding hydrogens is 417 g/mol. The number of rotatable bonds is 5. The summed E-state index contributed by atoms with van der Waals surface area (Å²) in [5.41, 5.74) is -0.700. The Morgan fingerprint density at radius 2 is 1.67 bits per heavy atom. The van der Waals surface area contributed by atoms with Gasteiger partial charge in [-0.3, -0.25) is 9.10 Å². The van der Waals surface area contributed by atoms with Gasteiger partial charge in [0.25, 0.3) is 10.0 Å². The molecule has 9 heteroatoms. The van der Waals surface area contributed by atoms with E-state index >= 15 is 0 Å². The van der Waals surface area contributed by atoms with Gasteiger partial charge in [-0.05, 0) is 36.1 Å². The zero-order valence-corrected chi connectivity index (χ0v) is 16.4. The zero-order valence-electron chi connectivity index (χ0n) is 15.6. The number of carbonyl (C=O) groups excluding carboxylic acids is 1. The molecule has 0 unspecified atom stereocenters. The Balaban J connectivity index is 1.46. The first-order valence-electron chi connectivity index (χ1n) is 9.20. The second-order valence-electron chi connectivity index (χ2n) is 6.90. The van der Waals surface area contributed by atoms with Gasteiger partial charge in [0.15, 0.2) is 0 Å². The molecular formula is C21H17F3N2O3S. The quantitative estimate of drug-likeness (QED) is 0.628. The second kappa shape index (κ2) is 7.32. The van der Waals surface area contributed by atoms with Crippen molar-refractivity contribution in [3.63, 3.8) is 0 Å². The van der Waals surface area contributed by atoms with E-state index in [1.807, 2.05) is 12.1 Å². The molecule has 5 nitrogen and oxygen atoms in total. The summed E-state index contributed by atoms with van der Waals surface area (Å²) >= 11 is 0. The molecule has 0 radical (unpaired) electrons. The maximum absolute atomic E-state index is 13.1. The van der Waals surface area contributed by atoms with E-state index in [2.05, 4.69) is 5.32 Å². The van der Waals surface area contributed by atoms with Gasteiger partial charge in [-0.25, -0.2) is 8.42 Å². The predicted octanol–water partition coefficient (Wildman–Crippen LogP) is 4.79. The summed E-state index contributed by atoms with van der Waals surface area (Å²) in [5, 5.41) is 3.72. The van der Waals surface area contributed by atoms with Gasteiger partial charge in [0.2, 0.25) is 5.91 Å². The van der Waals surface area contributed by atoms with Crippen LogP contribution in [0.1, 0.15) is 18.4 Å². The molecule has 1 heterocycles. The highest BCUT2D eigenvalue weighted by atomic mass is 32.2. The highest BCUT2D eigenvalue weighted by molar-refractivity contribution is 7.93. The van der Waals surface area contributed by atoms with Gasteiger partial charge >= 0.3 is 6.18 Å². The lowest BCUT2D eigenvalue weighted by Crippen LogP contribution is -2.29. The van der Waals surface area contributed by atoms with Crippen molar-refractivity contribution in [3.8, 4) is 0 Å². The van der Waals surface area contributed by atoms with E-state index in [-0.39, 0.29) is 30.0 Å². The molecule has 0 aliphatic carbocycles. The van der Waals surface area contributed by atoms with Crippen LogP contribution in [0.3, 0.4) is 0 Å². The molecule has 0 bridgehead atoms. The van der Waals surface area contributed by atoms with E-state index < -0.39 is 27.7 Å². The molecule has 0 saturated heterocycles. The average molecular weight is 434 g/mol. The Morgan fingerprint density at radius 3 is 2.40 bits per heavy atom. The van der Waals surface area contributed by atoms with Crippen LogP contribution in [0.5, 0.6) is 0 Å². The summed E-state index contributed by atoms with van der Waals surface area (Å²) in [4.78, 5) is 12.4. The van der Waals surface area contributed by atoms with Crippen molar-refractivity contribution in [2.75, 3.05) is 16.2 Å². The van der Waals surface area contributed by atoms with Crippen molar-refractivity contribution in [1.82, 2.24) is 0 Å². The van der Waals surface area contributed by atoms with Crippen LogP contribution in [-0.2, 0) is 21.0 Å². The highest BCUT2D eigenvalue weighted by Crippen LogP contribution is 2.42. The number of carbonyl (C=O) groups is 1. The number of anilines is 2. The van der Waals surface area contributed by atoms with Crippen molar-refractivity contribution in [3.05, 3.63) is 66.2 Å². The first-order chi connectivity index (χ1) is 14.2. The summed E-state index contributed by atoms with van der Waals surface area (Å²) < 4.78 is 66.2. The fraction of sp³-hybridized carbons (Fsp3) is 0.190. The molecule has 0 atom stereocenters. The Bertz CT molecular complexity index is 1230. The number of hydrogen-bond donors (Lipinski definition) is 1. The molecule has 30 heavy (non-hydrogen) atoms. The van der Waals surface area contributed by atoms with Gasteiger partial charge in [-0.15, -0.1) is 0 Å². The van der Waals surface area contributed by atoms with Gasteiger partial charge in [0, 0.05) is 18.4 Å². The zero-order chi connectivity index (χ0) is 21.5. The van der Waals surface area contributed by atoms with Gasteiger partial charge in [-0.2, -0.15) is 13.2 Å². The van der Waals surface area contributed by atoms with Gasteiger partial charge in [-0.1, -0.05) is 36.4 Å². The molecule has 0 fully saturated rings. The normalized spacial score (nSPS) is 14.8. The molecule has 0 saturated carbocycles. The minimum absolute atomic E-state index is 0.0461. The summed E-state index contributed by atoms with van der Waals surface area (Å²) in [6, 6.07) is 15.1. The molecule has 156 valence electrons. The van der Waals surface area contributed by atoms with Gasteiger partial charge in [0.05, 0.1) is 21.8 Å². The molecule has 0 spiro atoms. The van der Waals surface area contributed by atoms with Crippen LogP contribution in [0, 0.1) is 0 Å². The molecule has 0 aromatic heterocycles. The lowest BCUT2D eigenvalue weighted by molar-refractivity contribution is -0.137. The Hall–Kier alpha value is -3.07. The summed E-state index contributed by atoms with van der Waals surface area (Å²) in [7, 11) is -3.73. The van der Waals surface area contributed by atoms with E-state index in [9.17, 15) is 26.4 Å². The number of amides is 1. The summed E-state index contributed by atoms with van der Waals surface area (Å²) in [6.45, 7) is 0.0461. The Labute approximate surface area is 171 Å². The number of nitrogens with one attached hydrogen (secondary N) is 1. The number of alkyl halides is 3. The molecule has 1 aliphatic heterocycles. The van der Waals surface area contributed by atoms with Crippen LogP contribution in [0.25, 0.3) is 10.8 Å². The Kier molecular flexibility index (Phi) is 4.93. The first-order valence-corrected chi connectivity index (χ1v) is 10.6. The third kappa shape index (κ3) is 3.49. The number of hydrogen-bond acceptors (Lipinski definition) is 3. The Morgan fingerprint density at radius 1 is 0.967 bits per heavy atom. The van der Waals surface area contributed by atoms with E-state index in [0.717, 1.165) is 11.5 Å². The molecule has 1 amide bonds. The van der Waals surface area contributed by atoms with Crippen LogP contribution >= 0.6 is 0 Å². The minimum atomic E-state index is -4.59. The van der Waals surface area contributed by atoms with E-state index in [1.54, 1.807) is 24.3 Å². The van der Waals surface area contributed by atoms with Crippen molar-refractivity contribution >= 4 is 38.1 Å². The number of halogens is 3. The average Bonchev–Trinajstić information content (AvgIpc) is 2.91. The van der Waals surface area contributed by atoms with Crippen molar-refractivity contribution in [2.24, 2.45) is 0 Å².